The number of carbonyl (C=O) groups excluding carboxylic acids is 1. The fourth-order valence-electron chi connectivity index (χ4n) is 2.20. The molecule has 0 radical (unpaired) electrons. The minimum Gasteiger partial charge on any atom is -0.478 e. The molecule has 7 heteroatoms. The van der Waals surface area contributed by atoms with E-state index in [9.17, 15) is 4.79 Å². The number of hydrogen-bond donors (Lipinski definition) is 1. The van der Waals surface area contributed by atoms with Gasteiger partial charge in [-0.25, -0.2) is 9.97 Å². The molecule has 0 saturated heterocycles. The molecule has 0 spiro atoms. The lowest BCUT2D eigenvalue weighted by Crippen LogP contribution is -2.24. The molecule has 0 bridgehead atoms. The quantitative estimate of drug-likeness (QED) is 0.742. The lowest BCUT2D eigenvalue weighted by molar-refractivity contribution is 0.0946. The van der Waals surface area contributed by atoms with Crippen LogP contribution < -0.4 is 10.1 Å². The summed E-state index contributed by atoms with van der Waals surface area (Å²) in [5, 5.41) is 3.56. The molecule has 1 N–H and O–H groups in total. The molecule has 0 aromatic carbocycles. The number of pyridine rings is 1. The van der Waals surface area contributed by atoms with E-state index in [4.69, 9.17) is 9.15 Å². The van der Waals surface area contributed by atoms with Gasteiger partial charge in [-0.1, -0.05) is 6.07 Å². The summed E-state index contributed by atoms with van der Waals surface area (Å²) in [6.45, 7) is 4.62. The van der Waals surface area contributed by atoms with Crippen LogP contribution in [0.25, 0.3) is 10.8 Å². The third-order valence-corrected chi connectivity index (χ3v) is 4.30. The molecule has 3 heterocycles. The summed E-state index contributed by atoms with van der Waals surface area (Å²) in [6.07, 6.45) is 3.25. The first-order valence-electron chi connectivity index (χ1n) is 7.55. The van der Waals surface area contributed by atoms with Crippen LogP contribution in [0.5, 0.6) is 5.88 Å². The van der Waals surface area contributed by atoms with Crippen molar-refractivity contribution in [2.24, 2.45) is 0 Å². The number of furan rings is 1. The predicted octanol–water partition coefficient (Wildman–Crippen LogP) is 3.44. The van der Waals surface area contributed by atoms with Gasteiger partial charge in [0.2, 0.25) is 5.88 Å². The first kappa shape index (κ1) is 16.2. The van der Waals surface area contributed by atoms with E-state index < -0.39 is 0 Å². The predicted molar refractivity (Wildman–Crippen MR) is 91.1 cm³/mol. The topological polar surface area (TPSA) is 77.2 Å². The van der Waals surface area contributed by atoms with Crippen LogP contribution in [0.2, 0.25) is 0 Å². The van der Waals surface area contributed by atoms with Crippen LogP contribution in [0.3, 0.4) is 0 Å². The molecule has 3 aromatic rings. The number of nitrogens with one attached hydrogen (secondary N) is 1. The van der Waals surface area contributed by atoms with Gasteiger partial charge in [-0.05, 0) is 32.0 Å². The third kappa shape index (κ3) is 3.46. The molecule has 3 aromatic heterocycles. The first-order chi connectivity index (χ1) is 11.7. The summed E-state index contributed by atoms with van der Waals surface area (Å²) in [6, 6.07) is 7.31. The van der Waals surface area contributed by atoms with E-state index in [-0.39, 0.29) is 5.91 Å². The molecule has 0 fully saturated rings. The lowest BCUT2D eigenvalue weighted by Gasteiger charge is -2.09. The van der Waals surface area contributed by atoms with E-state index in [2.05, 4.69) is 15.3 Å². The molecule has 124 valence electrons. The van der Waals surface area contributed by atoms with Crippen LogP contribution in [0.1, 0.15) is 27.9 Å². The number of rotatable bonds is 6. The van der Waals surface area contributed by atoms with Crippen molar-refractivity contribution in [3.63, 3.8) is 0 Å². The number of carbonyl (C=O) groups is 1. The second-order valence-corrected chi connectivity index (χ2v) is 6.19. The maximum atomic E-state index is 12.4. The van der Waals surface area contributed by atoms with Crippen molar-refractivity contribution < 1.29 is 13.9 Å². The van der Waals surface area contributed by atoms with Crippen LogP contribution in [0, 0.1) is 6.92 Å². The third-order valence-electron chi connectivity index (χ3n) is 3.31. The lowest BCUT2D eigenvalue weighted by atomic mass is 10.2. The minimum atomic E-state index is -0.229. The molecule has 0 atom stereocenters. The van der Waals surface area contributed by atoms with E-state index in [1.165, 1.54) is 11.3 Å². The Morgan fingerprint density at radius 1 is 1.38 bits per heavy atom. The molecule has 1 amide bonds. The molecular formula is C17H17N3O3S. The normalized spacial score (nSPS) is 10.6. The Balaban J connectivity index is 1.72. The van der Waals surface area contributed by atoms with Gasteiger partial charge in [0.05, 0.1) is 12.9 Å². The summed E-state index contributed by atoms with van der Waals surface area (Å²) in [4.78, 5) is 21.8. The van der Waals surface area contributed by atoms with Gasteiger partial charge in [0.25, 0.3) is 5.91 Å². The fourth-order valence-corrected chi connectivity index (χ4v) is 3.08. The second-order valence-electron chi connectivity index (χ2n) is 4.98. The Morgan fingerprint density at radius 2 is 2.25 bits per heavy atom. The van der Waals surface area contributed by atoms with Crippen LogP contribution in [0.15, 0.2) is 41.1 Å². The van der Waals surface area contributed by atoms with Gasteiger partial charge < -0.3 is 14.5 Å². The summed E-state index contributed by atoms with van der Waals surface area (Å²) in [5.41, 5.74) is 1.24. The highest BCUT2D eigenvalue weighted by Crippen LogP contribution is 2.28. The van der Waals surface area contributed by atoms with Gasteiger partial charge in [0.1, 0.15) is 5.69 Å². The Kier molecular flexibility index (Phi) is 4.90. The first-order valence-corrected chi connectivity index (χ1v) is 8.37. The molecule has 0 aliphatic carbocycles. The number of thiazole rings is 1. The molecule has 24 heavy (non-hydrogen) atoms. The van der Waals surface area contributed by atoms with Crippen molar-refractivity contribution in [1.29, 1.82) is 0 Å². The maximum Gasteiger partial charge on any atom is 0.271 e. The molecule has 0 unspecified atom stereocenters. The van der Waals surface area contributed by atoms with E-state index in [1.54, 1.807) is 18.5 Å². The smallest absolute Gasteiger partial charge is 0.271 e. The van der Waals surface area contributed by atoms with Crippen molar-refractivity contribution in [3.8, 4) is 16.6 Å². The van der Waals surface area contributed by atoms with E-state index in [0.717, 1.165) is 10.4 Å². The minimum absolute atomic E-state index is 0.229. The van der Waals surface area contributed by atoms with Gasteiger partial charge in [0.15, 0.2) is 10.8 Å². The van der Waals surface area contributed by atoms with E-state index in [1.807, 2.05) is 32.0 Å². The molecule has 3 rings (SSSR count). The van der Waals surface area contributed by atoms with Gasteiger partial charge in [0, 0.05) is 23.2 Å². The van der Waals surface area contributed by atoms with Crippen LogP contribution in [-0.4, -0.2) is 22.5 Å². The highest BCUT2D eigenvalue weighted by atomic mass is 32.1. The van der Waals surface area contributed by atoms with Crippen molar-refractivity contribution in [2.75, 3.05) is 6.61 Å². The summed E-state index contributed by atoms with van der Waals surface area (Å²) < 4.78 is 10.8. The van der Waals surface area contributed by atoms with Crippen molar-refractivity contribution in [1.82, 2.24) is 15.3 Å². The number of hydrogen-bond acceptors (Lipinski definition) is 6. The van der Waals surface area contributed by atoms with Crippen molar-refractivity contribution >= 4 is 17.2 Å². The Labute approximate surface area is 143 Å². The monoisotopic (exact) mass is 343 g/mol. The number of aryl methyl sites for hydroxylation is 1. The Hall–Kier alpha value is -2.67. The summed E-state index contributed by atoms with van der Waals surface area (Å²) >= 11 is 1.43. The van der Waals surface area contributed by atoms with Gasteiger partial charge >= 0.3 is 0 Å². The largest absolute Gasteiger partial charge is 0.478 e. The van der Waals surface area contributed by atoms with Gasteiger partial charge in [-0.15, -0.1) is 11.3 Å². The van der Waals surface area contributed by atoms with Crippen LogP contribution >= 0.6 is 11.3 Å². The zero-order chi connectivity index (χ0) is 16.9. The maximum absolute atomic E-state index is 12.4. The molecule has 6 nitrogen and oxygen atoms in total. The fraction of sp³-hybridized carbons (Fsp3) is 0.235. The average Bonchev–Trinajstić information content (AvgIpc) is 3.23. The Bertz CT molecular complexity index is 827. The molecule has 0 aliphatic rings. The van der Waals surface area contributed by atoms with Crippen molar-refractivity contribution in [3.05, 3.63) is 52.9 Å². The second kappa shape index (κ2) is 7.27. The van der Waals surface area contributed by atoms with E-state index in [0.29, 0.717) is 35.5 Å². The highest BCUT2D eigenvalue weighted by Gasteiger charge is 2.18. The molecule has 0 saturated carbocycles. The standard InChI is InChI=1S/C17H17N3O3S/c1-3-22-16-12(6-4-8-18-16)10-19-15(21)14-11(2)24-17(20-14)13-7-5-9-23-13/h4-9H,3,10H2,1-2H3,(H,19,21). The highest BCUT2D eigenvalue weighted by molar-refractivity contribution is 7.15. The zero-order valence-electron chi connectivity index (χ0n) is 13.4. The van der Waals surface area contributed by atoms with Crippen molar-refractivity contribution in [2.45, 2.75) is 20.4 Å². The van der Waals surface area contributed by atoms with E-state index >= 15 is 0 Å². The summed E-state index contributed by atoms with van der Waals surface area (Å²) in [5.74, 6) is 0.965. The zero-order valence-corrected chi connectivity index (χ0v) is 14.2. The Morgan fingerprint density at radius 3 is 3.00 bits per heavy atom. The number of aromatic nitrogens is 2. The summed E-state index contributed by atoms with van der Waals surface area (Å²) in [7, 11) is 0. The number of amides is 1. The average molecular weight is 343 g/mol. The number of nitrogens with zero attached hydrogens (tertiary/aromatic N) is 2. The van der Waals surface area contributed by atoms with Crippen LogP contribution in [0.4, 0.5) is 0 Å². The SMILES string of the molecule is CCOc1ncccc1CNC(=O)c1nc(-c2ccco2)sc1C. The molecule has 0 aliphatic heterocycles. The van der Waals surface area contributed by atoms with Crippen LogP contribution in [-0.2, 0) is 6.54 Å². The number of ether oxygens (including phenoxy) is 1. The van der Waals surface area contributed by atoms with Gasteiger partial charge in [-0.3, -0.25) is 4.79 Å². The molecular weight excluding hydrogens is 326 g/mol. The van der Waals surface area contributed by atoms with Gasteiger partial charge in [-0.2, -0.15) is 0 Å².